The first kappa shape index (κ1) is 21.1. The summed E-state index contributed by atoms with van der Waals surface area (Å²) in [7, 11) is 0. The van der Waals surface area contributed by atoms with Crippen molar-refractivity contribution in [3.63, 3.8) is 0 Å². The van der Waals surface area contributed by atoms with E-state index < -0.39 is 0 Å². The quantitative estimate of drug-likeness (QED) is 0.459. The Balaban J connectivity index is 1.93. The van der Waals surface area contributed by atoms with Gasteiger partial charge >= 0.3 is 0 Å². The molecule has 5 heteroatoms. The Labute approximate surface area is 180 Å². The first-order valence-corrected chi connectivity index (χ1v) is 11.3. The lowest BCUT2D eigenvalue weighted by Crippen LogP contribution is -2.26. The Morgan fingerprint density at radius 2 is 2.11 bits per heavy atom. The van der Waals surface area contributed by atoms with Gasteiger partial charge in [0.15, 0.2) is 0 Å². The van der Waals surface area contributed by atoms with Crippen LogP contribution >= 0.6 is 27.3 Å². The van der Waals surface area contributed by atoms with Gasteiger partial charge in [-0.2, -0.15) is 5.26 Å². The fourth-order valence-corrected chi connectivity index (χ4v) is 5.23. The number of nitrogens with zero attached hydrogens (tertiary/aromatic N) is 2. The highest BCUT2D eigenvalue weighted by Gasteiger charge is 2.32. The minimum Gasteiger partial charge on any atom is -0.490 e. The molecule has 148 valence electrons. The second-order valence-corrected chi connectivity index (χ2v) is 10.7. The van der Waals surface area contributed by atoms with Crippen molar-refractivity contribution in [2.24, 2.45) is 16.3 Å². The molecular formula is C23H27BrN2OS. The molecule has 1 aromatic heterocycles. The molecule has 28 heavy (non-hydrogen) atoms. The lowest BCUT2D eigenvalue weighted by atomic mass is 9.72. The lowest BCUT2D eigenvalue weighted by Gasteiger charge is -2.33. The van der Waals surface area contributed by atoms with Gasteiger partial charge < -0.3 is 4.74 Å². The van der Waals surface area contributed by atoms with Crippen molar-refractivity contribution < 1.29 is 4.74 Å². The molecule has 1 aromatic carbocycles. The second kappa shape index (κ2) is 8.39. The number of thiophene rings is 1. The van der Waals surface area contributed by atoms with Crippen LogP contribution in [0, 0.1) is 22.7 Å². The van der Waals surface area contributed by atoms with E-state index in [1.165, 1.54) is 10.4 Å². The summed E-state index contributed by atoms with van der Waals surface area (Å²) in [6.45, 7) is 10.9. The van der Waals surface area contributed by atoms with Crippen LogP contribution in [-0.4, -0.2) is 12.3 Å². The standard InChI is InChI=1S/C23H27BrN2OS/c1-14(2)27-20-9-7-17(24)10-15(20)13-26-22-19(12-25)18-8-6-16(23(3,4)5)11-21(18)28-22/h7,9-10,13-14,16H,6,8,11H2,1-5H3/t16-/m1/s1. The van der Waals surface area contributed by atoms with Crippen molar-refractivity contribution in [3.05, 3.63) is 44.2 Å². The highest BCUT2D eigenvalue weighted by Crippen LogP contribution is 2.45. The average molecular weight is 459 g/mol. The molecular weight excluding hydrogens is 432 g/mol. The molecule has 2 aromatic rings. The van der Waals surface area contributed by atoms with Gasteiger partial charge in [0.1, 0.15) is 16.8 Å². The molecule has 0 radical (unpaired) electrons. The molecule has 3 rings (SSSR count). The van der Waals surface area contributed by atoms with Gasteiger partial charge in [0.25, 0.3) is 0 Å². The lowest BCUT2D eigenvalue weighted by molar-refractivity contribution is 0.218. The Kier molecular flexibility index (Phi) is 6.31. The number of ether oxygens (including phenoxy) is 1. The zero-order chi connectivity index (χ0) is 20.5. The predicted octanol–water partition coefficient (Wildman–Crippen LogP) is 7.07. The van der Waals surface area contributed by atoms with Crippen LogP contribution < -0.4 is 4.74 Å². The van der Waals surface area contributed by atoms with E-state index in [0.717, 1.165) is 45.6 Å². The zero-order valence-electron chi connectivity index (χ0n) is 17.2. The van der Waals surface area contributed by atoms with Crippen LogP contribution in [0.3, 0.4) is 0 Å². The van der Waals surface area contributed by atoms with E-state index in [2.05, 4.69) is 42.8 Å². The predicted molar refractivity (Wildman–Crippen MR) is 121 cm³/mol. The van der Waals surface area contributed by atoms with Gasteiger partial charge in [0.2, 0.25) is 0 Å². The van der Waals surface area contributed by atoms with Gasteiger partial charge in [-0.25, -0.2) is 4.99 Å². The first-order valence-electron chi connectivity index (χ1n) is 9.74. The molecule has 1 heterocycles. The highest BCUT2D eigenvalue weighted by atomic mass is 79.9. The maximum absolute atomic E-state index is 9.75. The maximum Gasteiger partial charge on any atom is 0.134 e. The number of rotatable bonds is 4. The number of benzene rings is 1. The summed E-state index contributed by atoms with van der Waals surface area (Å²) in [6, 6.07) is 8.32. The van der Waals surface area contributed by atoms with Crippen molar-refractivity contribution in [3.8, 4) is 11.8 Å². The topological polar surface area (TPSA) is 45.4 Å². The Hall–Kier alpha value is -1.64. The third-order valence-electron chi connectivity index (χ3n) is 5.24. The molecule has 1 atom stereocenters. The number of hydrogen-bond acceptors (Lipinski definition) is 4. The molecule has 0 unspecified atom stereocenters. The van der Waals surface area contributed by atoms with Crippen LogP contribution in [-0.2, 0) is 12.8 Å². The van der Waals surface area contributed by atoms with Crippen molar-refractivity contribution >= 4 is 38.5 Å². The number of fused-ring (bicyclic) bond motifs is 1. The van der Waals surface area contributed by atoms with E-state index in [9.17, 15) is 5.26 Å². The summed E-state index contributed by atoms with van der Waals surface area (Å²) in [5.74, 6) is 1.45. The van der Waals surface area contributed by atoms with Gasteiger partial charge in [-0.1, -0.05) is 36.7 Å². The largest absolute Gasteiger partial charge is 0.490 e. The molecule has 0 N–H and O–H groups in total. The molecule has 0 fully saturated rings. The fraction of sp³-hybridized carbons (Fsp3) is 0.478. The summed E-state index contributed by atoms with van der Waals surface area (Å²) < 4.78 is 6.88. The molecule has 1 aliphatic carbocycles. The maximum atomic E-state index is 9.75. The van der Waals surface area contributed by atoms with E-state index in [4.69, 9.17) is 9.73 Å². The molecule has 1 aliphatic rings. The number of halogens is 1. The van der Waals surface area contributed by atoms with Crippen LogP contribution in [0.2, 0.25) is 0 Å². The summed E-state index contributed by atoms with van der Waals surface area (Å²) >= 11 is 5.20. The number of nitriles is 1. The van der Waals surface area contributed by atoms with Crippen molar-refractivity contribution in [1.82, 2.24) is 0 Å². The van der Waals surface area contributed by atoms with E-state index in [-0.39, 0.29) is 11.5 Å². The van der Waals surface area contributed by atoms with E-state index in [1.54, 1.807) is 11.3 Å². The van der Waals surface area contributed by atoms with E-state index in [1.807, 2.05) is 38.3 Å². The van der Waals surface area contributed by atoms with Crippen LogP contribution in [0.5, 0.6) is 5.75 Å². The minimum atomic E-state index is 0.0892. The average Bonchev–Trinajstić information content (AvgIpc) is 2.97. The Morgan fingerprint density at radius 1 is 1.36 bits per heavy atom. The van der Waals surface area contributed by atoms with Crippen LogP contribution in [0.4, 0.5) is 5.00 Å². The fourth-order valence-electron chi connectivity index (χ4n) is 3.63. The van der Waals surface area contributed by atoms with Gasteiger partial charge in [0.05, 0.1) is 11.7 Å². The van der Waals surface area contributed by atoms with Gasteiger partial charge in [-0.3, -0.25) is 0 Å². The van der Waals surface area contributed by atoms with Crippen molar-refractivity contribution in [2.45, 2.75) is 60.0 Å². The van der Waals surface area contributed by atoms with E-state index in [0.29, 0.717) is 5.92 Å². The summed E-state index contributed by atoms with van der Waals surface area (Å²) in [5.41, 5.74) is 3.17. The monoisotopic (exact) mass is 458 g/mol. The number of hydrogen-bond donors (Lipinski definition) is 0. The third-order valence-corrected chi connectivity index (χ3v) is 6.89. The van der Waals surface area contributed by atoms with Gasteiger partial charge in [-0.15, -0.1) is 11.3 Å². The first-order chi connectivity index (χ1) is 13.2. The van der Waals surface area contributed by atoms with Crippen molar-refractivity contribution in [1.29, 1.82) is 5.26 Å². The summed E-state index contributed by atoms with van der Waals surface area (Å²) in [6.07, 6.45) is 5.08. The normalized spacial score (nSPS) is 17.0. The summed E-state index contributed by atoms with van der Waals surface area (Å²) in [5, 5.41) is 10.6. The minimum absolute atomic E-state index is 0.0892. The summed E-state index contributed by atoms with van der Waals surface area (Å²) in [4.78, 5) is 6.05. The molecule has 0 bridgehead atoms. The molecule has 0 spiro atoms. The molecule has 0 saturated heterocycles. The van der Waals surface area contributed by atoms with Gasteiger partial charge in [-0.05, 0) is 68.2 Å². The molecule has 0 amide bonds. The highest BCUT2D eigenvalue weighted by molar-refractivity contribution is 9.10. The zero-order valence-corrected chi connectivity index (χ0v) is 19.6. The number of aliphatic imine (C=N–C) groups is 1. The van der Waals surface area contributed by atoms with Gasteiger partial charge in [0, 0.05) is 21.1 Å². The van der Waals surface area contributed by atoms with E-state index >= 15 is 0 Å². The van der Waals surface area contributed by atoms with Crippen molar-refractivity contribution in [2.75, 3.05) is 0 Å². The Morgan fingerprint density at radius 3 is 2.75 bits per heavy atom. The Bertz CT molecular complexity index is 931. The van der Waals surface area contributed by atoms with Crippen LogP contribution in [0.25, 0.3) is 0 Å². The molecule has 3 nitrogen and oxygen atoms in total. The smallest absolute Gasteiger partial charge is 0.134 e. The molecule has 0 aliphatic heterocycles. The SMILES string of the molecule is CC(C)Oc1ccc(Br)cc1C=Nc1sc2c(c1C#N)CC[C@@H](C(C)(C)C)C2. The molecule has 0 saturated carbocycles. The van der Waals surface area contributed by atoms with Crippen LogP contribution in [0.15, 0.2) is 27.7 Å². The second-order valence-electron chi connectivity index (χ2n) is 8.71. The van der Waals surface area contributed by atoms with Crippen LogP contribution in [0.1, 0.15) is 62.6 Å². The third kappa shape index (κ3) is 4.67.